The standard InChI is InChI=1S/C25H22P2.2C5H5.C4H10S.C3H6O2.C3H6O.F6P.2Ru.S/c1-5-13-22(14-6-1)26(23-15-7-2-8-16-23)21-27(24-17-9-3-10-18-24)25-19-11-4-12-20-25;2*1-2-4-5-3-1;1-4(2,3)5;1-3(2)4-5-3;1-3(2)4;1-7(2,3,4,5)6;;;/h1-20H,21H2;2*1-5H;5H,1-3H3;1-2H3;1-2H3;;;;/q;2*-1;;;;-1;2*+3;-2/p-1. The number of hydrogen-bond acceptors (Lipinski definition) is 4. The van der Waals surface area contributed by atoms with E-state index < -0.39 is 23.7 Å². The van der Waals surface area contributed by atoms with Crippen LogP contribution in [0.4, 0.5) is 25.2 Å². The van der Waals surface area contributed by atoms with Crippen LogP contribution in [0.5, 0.6) is 0 Å². The van der Waals surface area contributed by atoms with Gasteiger partial charge in [0.1, 0.15) is 5.78 Å². The number of carbonyl (C=O) groups excluding carboxylic acids is 1. The molecule has 0 saturated carbocycles. The summed E-state index contributed by atoms with van der Waals surface area (Å²) < 4.78 is 59.3. The van der Waals surface area contributed by atoms with E-state index in [4.69, 9.17) is 12.6 Å². The monoisotopic (exact) mass is 1120 g/mol. The van der Waals surface area contributed by atoms with Crippen molar-refractivity contribution in [3.63, 3.8) is 0 Å². The summed E-state index contributed by atoms with van der Waals surface area (Å²) in [6.07, 6.45) is 0. The minimum absolute atomic E-state index is 0. The summed E-state index contributed by atoms with van der Waals surface area (Å²) in [6, 6.07) is 64.1. The Balaban J connectivity index is -0.000000804. The van der Waals surface area contributed by atoms with Crippen LogP contribution >= 0.6 is 23.7 Å². The third-order valence-corrected chi connectivity index (χ3v) is 12.0. The van der Waals surface area contributed by atoms with Gasteiger partial charge in [0.15, 0.2) is 0 Å². The fourth-order valence-electron chi connectivity index (χ4n) is 3.92. The van der Waals surface area contributed by atoms with Gasteiger partial charge in [-0.15, -0.1) is 0 Å². The maximum absolute atomic E-state index is 10.7. The Morgan fingerprint density at radius 1 is 0.557 bits per heavy atom. The fourth-order valence-corrected chi connectivity index (χ4v) is 10.4. The van der Waals surface area contributed by atoms with Gasteiger partial charge in [-0.25, -0.2) is 24.3 Å². The molecule has 6 aromatic carbocycles. The summed E-state index contributed by atoms with van der Waals surface area (Å²) in [7, 11) is -11.5. The second-order valence-electron chi connectivity index (χ2n) is 13.8. The molecule has 1 heterocycles. The molecule has 2 radical (unpaired) electrons. The maximum atomic E-state index is 9.87. The van der Waals surface area contributed by atoms with E-state index in [0.29, 0.717) is 0 Å². The molecule has 0 aliphatic carbocycles. The van der Waals surface area contributed by atoms with Crippen molar-refractivity contribution in [3.05, 3.63) is 182 Å². The van der Waals surface area contributed by atoms with Crippen LogP contribution in [0.25, 0.3) is 0 Å². The normalized spacial score (nSPS) is 12.7. The Labute approximate surface area is 399 Å². The third kappa shape index (κ3) is 43.0. The molecule has 16 heteroatoms. The minimum Gasteiger partial charge on any atom is -2.00 e. The molecule has 336 valence electrons. The van der Waals surface area contributed by atoms with Gasteiger partial charge in [0, 0.05) is 5.90 Å². The van der Waals surface area contributed by atoms with Crippen molar-refractivity contribution < 1.29 is 78.7 Å². The molecule has 0 bridgehead atoms. The summed E-state index contributed by atoms with van der Waals surface area (Å²) >= 11 is 4.83. The van der Waals surface area contributed by atoms with Crippen LogP contribution in [0.15, 0.2) is 182 Å². The summed E-state index contributed by atoms with van der Waals surface area (Å²) in [5.41, 5.74) is 0. The Hall–Kier alpha value is -2.01. The molecule has 1 aliphatic rings. The van der Waals surface area contributed by atoms with Crippen LogP contribution in [0, 0.1) is 0 Å². The van der Waals surface area contributed by atoms with Gasteiger partial charge in [-0.3, -0.25) is 0 Å². The first-order valence-electron chi connectivity index (χ1n) is 18.0. The van der Waals surface area contributed by atoms with Gasteiger partial charge in [0.2, 0.25) is 5.79 Å². The van der Waals surface area contributed by atoms with Crippen LogP contribution in [0.3, 0.4) is 0 Å². The molecule has 0 aromatic heterocycles. The Morgan fingerprint density at radius 2 is 0.721 bits per heavy atom. The first-order valence-corrected chi connectivity index (χ1v) is 23.5. The predicted molar refractivity (Wildman–Crippen MR) is 248 cm³/mol. The van der Waals surface area contributed by atoms with Crippen molar-refractivity contribution in [2.75, 3.05) is 5.90 Å². The molecule has 0 atom stereocenters. The van der Waals surface area contributed by atoms with E-state index in [2.05, 4.69) is 131 Å². The molecule has 7 rings (SSSR count). The van der Waals surface area contributed by atoms with Gasteiger partial charge >= 0.3 is 71.9 Å². The quantitative estimate of drug-likeness (QED) is 0.0317. The Morgan fingerprint density at radius 3 is 0.836 bits per heavy atom. The van der Waals surface area contributed by atoms with E-state index in [1.807, 2.05) is 95.3 Å². The number of halogens is 6. The number of benzene rings is 4. The summed E-state index contributed by atoms with van der Waals surface area (Å²) in [5, 5.41) is 5.83. The molecular formula is C45H53F6O3P3Ru2S2. The fraction of sp³-hybridized carbons (Fsp3) is 0.222. The molecule has 0 unspecified atom stereocenters. The molecule has 0 amide bonds. The van der Waals surface area contributed by atoms with Crippen molar-refractivity contribution >= 4 is 76.8 Å². The van der Waals surface area contributed by atoms with E-state index in [1.54, 1.807) is 0 Å². The Kier molecular flexibility index (Phi) is 31.3. The number of ketones is 1. The van der Waals surface area contributed by atoms with E-state index in [9.17, 15) is 30.0 Å². The molecule has 3 nitrogen and oxygen atoms in total. The molecule has 0 N–H and O–H groups in total. The molecular weight excluding hydrogens is 1060 g/mol. The molecule has 1 fully saturated rings. The molecule has 6 aromatic rings. The zero-order valence-corrected chi connectivity index (χ0v) is 42.7. The topological polar surface area (TPSA) is 42.1 Å². The van der Waals surface area contributed by atoms with E-state index >= 15 is 0 Å². The second kappa shape index (κ2) is 30.2. The van der Waals surface area contributed by atoms with E-state index in [0.717, 1.165) is 0 Å². The summed E-state index contributed by atoms with van der Waals surface area (Å²) in [6.45, 7) is 12.8. The number of carbonyl (C=O) groups is 1. The van der Waals surface area contributed by atoms with Gasteiger partial charge in [-0.05, 0) is 64.8 Å². The van der Waals surface area contributed by atoms with Crippen LogP contribution in [-0.2, 0) is 79.7 Å². The van der Waals surface area contributed by atoms with Crippen LogP contribution in [0.2, 0.25) is 0 Å². The first kappa shape index (κ1) is 63.3. The van der Waals surface area contributed by atoms with E-state index in [1.165, 1.54) is 41.0 Å². The summed E-state index contributed by atoms with van der Waals surface area (Å²) in [4.78, 5) is 18.2. The maximum Gasteiger partial charge on any atom is 3.00 e. The van der Waals surface area contributed by atoms with Crippen LogP contribution in [-0.4, -0.2) is 22.2 Å². The number of rotatable bonds is 6. The molecule has 1 saturated heterocycles. The van der Waals surface area contributed by atoms with Crippen molar-refractivity contribution in [2.24, 2.45) is 0 Å². The molecule has 61 heavy (non-hydrogen) atoms. The zero-order chi connectivity index (χ0) is 43.8. The second-order valence-corrected chi connectivity index (χ2v) is 21.9. The SMILES string of the molecule is CC(C)(C)[S-].CC(C)=O.CC1(C)OO1.F[P-](F)(F)(F)(F)F.[Ru+3].[Ru+3].[S-2].c1cc[cH-]c1.c1cc[cH-]c1.c1ccc(P(CP(c2ccccc2)c2ccccc2)c2ccccc2)cc1. The van der Waals surface area contributed by atoms with Gasteiger partial charge in [-0.1, -0.05) is 142 Å². The smallest absolute Gasteiger partial charge is 2.00 e. The summed E-state index contributed by atoms with van der Waals surface area (Å²) in [5.74, 6) is 1.09. The van der Waals surface area contributed by atoms with Gasteiger partial charge in [-0.2, -0.15) is 50.9 Å². The van der Waals surface area contributed by atoms with Crippen LogP contribution < -0.4 is 21.2 Å². The van der Waals surface area contributed by atoms with Crippen molar-refractivity contribution in [1.29, 1.82) is 0 Å². The molecule has 0 spiro atoms. The van der Waals surface area contributed by atoms with Gasteiger partial charge < -0.3 is 30.9 Å². The third-order valence-electron chi connectivity index (χ3n) is 6.08. The van der Waals surface area contributed by atoms with Crippen LogP contribution in [0.1, 0.15) is 48.5 Å². The van der Waals surface area contributed by atoms with Crippen molar-refractivity contribution in [2.45, 2.75) is 59.0 Å². The predicted octanol–water partition coefficient (Wildman–Crippen LogP) is 14.0. The average Bonchev–Trinajstić information content (AvgIpc) is 3.62. The number of Topliss-reactive ketones (excluding diaryl/α,β-unsaturated/α-hetero) is 1. The average molecular weight is 1120 g/mol. The minimum atomic E-state index is -10.7. The van der Waals surface area contributed by atoms with Crippen molar-refractivity contribution in [3.8, 4) is 0 Å². The van der Waals surface area contributed by atoms with Crippen molar-refractivity contribution in [1.82, 2.24) is 0 Å². The van der Waals surface area contributed by atoms with Gasteiger partial charge in [0.25, 0.3) is 0 Å². The largest absolute Gasteiger partial charge is 3.00 e. The van der Waals surface area contributed by atoms with E-state index in [-0.39, 0.29) is 68.8 Å². The molecule has 1 aliphatic heterocycles. The zero-order valence-electron chi connectivity index (χ0n) is 34.9. The Bertz CT molecular complexity index is 1660. The van der Waals surface area contributed by atoms with Gasteiger partial charge in [0.05, 0.1) is 0 Å². The number of hydrogen-bond donors (Lipinski definition) is 0. The first-order chi connectivity index (χ1) is 26.8.